The fraction of sp³-hybridized carbons (Fsp3) is 0.0526. The van der Waals surface area contributed by atoms with Crippen molar-refractivity contribution in [3.8, 4) is 39.8 Å². The maximum absolute atomic E-state index is 3.43. The lowest BCUT2D eigenvalue weighted by Gasteiger charge is -2.25. The highest BCUT2D eigenvalue weighted by atomic mass is 15.1. The minimum absolute atomic E-state index is 0.199. The molecular weight excluding hydrogens is 713 g/mol. The first kappa shape index (κ1) is 34.6. The van der Waals surface area contributed by atoms with Crippen molar-refractivity contribution in [1.82, 2.24) is 4.57 Å². The highest BCUT2D eigenvalue weighted by molar-refractivity contribution is 6.13. The molecule has 0 saturated heterocycles. The number of nitrogens with zero attached hydrogens (tertiary/aromatic N) is 2. The molecule has 2 nitrogen and oxygen atoms in total. The fourth-order valence-electron chi connectivity index (χ4n) is 9.31. The number of hydrogen-bond donors (Lipinski definition) is 0. The van der Waals surface area contributed by atoms with Crippen LogP contribution >= 0.6 is 0 Å². The van der Waals surface area contributed by atoms with E-state index >= 15 is 0 Å². The van der Waals surface area contributed by atoms with E-state index in [2.05, 4.69) is 229 Å². The van der Waals surface area contributed by atoms with Gasteiger partial charge in [-0.2, -0.15) is 0 Å². The van der Waals surface area contributed by atoms with Crippen LogP contribution in [-0.4, -0.2) is 4.57 Å². The smallest absolute Gasteiger partial charge is 0.0588 e. The average Bonchev–Trinajstić information content (AvgIpc) is 3.75. The molecule has 0 fully saturated rings. The Labute approximate surface area is 345 Å². The van der Waals surface area contributed by atoms with Crippen LogP contribution in [0.15, 0.2) is 206 Å². The summed E-state index contributed by atoms with van der Waals surface area (Å²) in [5, 5.41) is 4.98. The van der Waals surface area contributed by atoms with E-state index in [1.54, 1.807) is 0 Å². The van der Waals surface area contributed by atoms with Gasteiger partial charge in [-0.15, -0.1) is 0 Å². The van der Waals surface area contributed by atoms with Crippen LogP contribution < -0.4 is 4.90 Å². The van der Waals surface area contributed by atoms with E-state index < -0.39 is 0 Å². The quantitative estimate of drug-likeness (QED) is 0.159. The van der Waals surface area contributed by atoms with E-state index in [1.807, 2.05) is 12.1 Å². The number of rotatable bonds is 5. The molecule has 0 aliphatic heterocycles. The molecule has 0 unspecified atom stereocenters. The lowest BCUT2D eigenvalue weighted by atomic mass is 9.80. The summed E-state index contributed by atoms with van der Waals surface area (Å²) in [6, 6.07) is 74.2. The molecular formula is C57H40N2. The van der Waals surface area contributed by atoms with Gasteiger partial charge in [0, 0.05) is 50.1 Å². The van der Waals surface area contributed by atoms with E-state index in [9.17, 15) is 0 Å². The second-order valence-electron chi connectivity index (χ2n) is 16.0. The molecule has 0 amide bonds. The molecule has 2 heteroatoms. The zero-order valence-electron chi connectivity index (χ0n) is 33.0. The number of para-hydroxylation sites is 4. The van der Waals surface area contributed by atoms with Gasteiger partial charge in [0.25, 0.3) is 0 Å². The molecule has 0 saturated carbocycles. The Morgan fingerprint density at radius 2 is 1.00 bits per heavy atom. The van der Waals surface area contributed by atoms with E-state index in [4.69, 9.17) is 0 Å². The van der Waals surface area contributed by atoms with E-state index in [0.717, 1.165) is 28.2 Å². The number of fused-ring (bicyclic) bond motifs is 8. The SMILES string of the molecule is CC1(C)c2cc(-c3ccc4cc(C#Cc5ccc(N(c6ccccc6)c6ccccc6)cc5)ccc4c3)ccc2-c2ccc3c4ccccc4n(-c4ccccc4)c3c21. The fourth-order valence-corrected chi connectivity index (χ4v) is 9.31. The van der Waals surface area contributed by atoms with Gasteiger partial charge in [-0.25, -0.2) is 0 Å². The van der Waals surface area contributed by atoms with Crippen LogP contribution in [0.3, 0.4) is 0 Å². The first-order valence-electron chi connectivity index (χ1n) is 20.3. The third-order valence-corrected chi connectivity index (χ3v) is 12.1. The third kappa shape index (κ3) is 5.82. The molecule has 0 atom stereocenters. The molecule has 0 radical (unpaired) electrons. The number of anilines is 3. The van der Waals surface area contributed by atoms with Gasteiger partial charge in [-0.05, 0) is 135 Å². The van der Waals surface area contributed by atoms with Gasteiger partial charge in [0.15, 0.2) is 0 Å². The standard InChI is InChI=1S/C57H40N2/c1-57(2)53-38-44(30-33-49(53)51-34-35-52-50-20-12-13-21-54(50)59(56(52)55(51)57)47-18-10-5-11-19-47)43-29-28-41-36-40(24-27-42(41)37-43)23-22-39-25-31-48(32-26-39)58(45-14-6-3-7-15-45)46-16-8-4-9-17-46/h3-21,24-38H,1-2H3. The zero-order chi connectivity index (χ0) is 39.5. The maximum Gasteiger partial charge on any atom is 0.0588 e. The van der Waals surface area contributed by atoms with Gasteiger partial charge in [0.1, 0.15) is 0 Å². The molecule has 1 heterocycles. The second-order valence-corrected chi connectivity index (χ2v) is 16.0. The van der Waals surface area contributed by atoms with Crippen molar-refractivity contribution < 1.29 is 0 Å². The van der Waals surface area contributed by atoms with Crippen molar-refractivity contribution in [3.63, 3.8) is 0 Å². The monoisotopic (exact) mass is 752 g/mol. The minimum Gasteiger partial charge on any atom is -0.311 e. The molecule has 10 aromatic rings. The van der Waals surface area contributed by atoms with Gasteiger partial charge in [0.2, 0.25) is 0 Å². The topological polar surface area (TPSA) is 8.17 Å². The van der Waals surface area contributed by atoms with E-state index in [0.29, 0.717) is 0 Å². The van der Waals surface area contributed by atoms with Gasteiger partial charge in [-0.3, -0.25) is 0 Å². The Morgan fingerprint density at radius 3 is 1.75 bits per heavy atom. The number of hydrogen-bond acceptors (Lipinski definition) is 1. The predicted molar refractivity (Wildman–Crippen MR) is 248 cm³/mol. The zero-order valence-corrected chi connectivity index (χ0v) is 33.0. The Kier molecular flexibility index (Phi) is 8.10. The minimum atomic E-state index is -0.199. The van der Waals surface area contributed by atoms with Crippen molar-refractivity contribution in [1.29, 1.82) is 0 Å². The maximum atomic E-state index is 3.43. The van der Waals surface area contributed by atoms with Crippen LogP contribution in [0.2, 0.25) is 0 Å². The molecule has 59 heavy (non-hydrogen) atoms. The van der Waals surface area contributed by atoms with E-state index in [-0.39, 0.29) is 5.41 Å². The average molecular weight is 753 g/mol. The molecule has 1 aliphatic carbocycles. The van der Waals surface area contributed by atoms with Crippen molar-refractivity contribution in [2.24, 2.45) is 0 Å². The second kappa shape index (κ2) is 13.8. The number of aromatic nitrogens is 1. The number of benzene rings is 9. The normalized spacial score (nSPS) is 12.6. The van der Waals surface area contributed by atoms with Crippen molar-refractivity contribution in [2.75, 3.05) is 4.90 Å². The molecule has 0 spiro atoms. The Bertz CT molecular complexity index is 3230. The molecule has 11 rings (SSSR count). The highest BCUT2D eigenvalue weighted by Gasteiger charge is 2.39. The van der Waals surface area contributed by atoms with Crippen molar-refractivity contribution >= 4 is 49.6 Å². The predicted octanol–water partition coefficient (Wildman–Crippen LogP) is 14.8. The van der Waals surface area contributed by atoms with Crippen LogP contribution in [0, 0.1) is 11.8 Å². The molecule has 1 aromatic heterocycles. The van der Waals surface area contributed by atoms with Crippen LogP contribution in [-0.2, 0) is 5.41 Å². The summed E-state index contributed by atoms with van der Waals surface area (Å²) in [4.78, 5) is 2.27. The Hall–Kier alpha value is -7.60. The largest absolute Gasteiger partial charge is 0.311 e. The van der Waals surface area contributed by atoms with Gasteiger partial charge < -0.3 is 9.47 Å². The summed E-state index contributed by atoms with van der Waals surface area (Å²) in [6.45, 7) is 4.80. The molecule has 9 aromatic carbocycles. The summed E-state index contributed by atoms with van der Waals surface area (Å²) >= 11 is 0. The molecule has 0 N–H and O–H groups in total. The van der Waals surface area contributed by atoms with Crippen molar-refractivity contribution in [3.05, 3.63) is 229 Å². The summed E-state index contributed by atoms with van der Waals surface area (Å²) in [6.07, 6.45) is 0. The summed E-state index contributed by atoms with van der Waals surface area (Å²) in [5.74, 6) is 6.84. The summed E-state index contributed by atoms with van der Waals surface area (Å²) in [7, 11) is 0. The van der Waals surface area contributed by atoms with Crippen LogP contribution in [0.25, 0.3) is 60.5 Å². The third-order valence-electron chi connectivity index (χ3n) is 12.1. The first-order chi connectivity index (χ1) is 29.0. The highest BCUT2D eigenvalue weighted by Crippen LogP contribution is 2.53. The lowest BCUT2D eigenvalue weighted by molar-refractivity contribution is 0.664. The Balaban J connectivity index is 0.895. The van der Waals surface area contributed by atoms with Crippen LogP contribution in [0.5, 0.6) is 0 Å². The van der Waals surface area contributed by atoms with Crippen molar-refractivity contribution in [2.45, 2.75) is 19.3 Å². The lowest BCUT2D eigenvalue weighted by Crippen LogP contribution is -2.16. The van der Waals surface area contributed by atoms with Gasteiger partial charge in [0.05, 0.1) is 11.0 Å². The van der Waals surface area contributed by atoms with E-state index in [1.165, 1.54) is 71.6 Å². The van der Waals surface area contributed by atoms with Crippen LogP contribution in [0.1, 0.15) is 36.1 Å². The Morgan fingerprint density at radius 1 is 0.441 bits per heavy atom. The summed E-state index contributed by atoms with van der Waals surface area (Å²) in [5.41, 5.74) is 16.7. The molecule has 0 bridgehead atoms. The van der Waals surface area contributed by atoms with Gasteiger partial charge in [-0.1, -0.05) is 141 Å². The summed E-state index contributed by atoms with van der Waals surface area (Å²) < 4.78 is 2.47. The van der Waals surface area contributed by atoms with Crippen LogP contribution in [0.4, 0.5) is 17.1 Å². The molecule has 278 valence electrons. The molecule has 1 aliphatic rings. The van der Waals surface area contributed by atoms with Gasteiger partial charge >= 0.3 is 0 Å². The first-order valence-corrected chi connectivity index (χ1v) is 20.3.